The van der Waals surface area contributed by atoms with Gasteiger partial charge in [0, 0.05) is 36.5 Å². The molecule has 0 unspecified atom stereocenters. The number of carbonyl (C=O) groups is 1. The number of nitrogens with zero attached hydrogens (tertiary/aromatic N) is 3. The van der Waals surface area contributed by atoms with E-state index in [1.54, 1.807) is 11.8 Å². The highest BCUT2D eigenvalue weighted by Crippen LogP contribution is 2.39. The lowest BCUT2D eigenvalue weighted by molar-refractivity contribution is -0.149. The van der Waals surface area contributed by atoms with Crippen LogP contribution in [0.15, 0.2) is 24.4 Å². The van der Waals surface area contributed by atoms with Crippen LogP contribution in [0.3, 0.4) is 0 Å². The van der Waals surface area contributed by atoms with Crippen molar-refractivity contribution in [2.75, 3.05) is 18.0 Å². The third-order valence-electron chi connectivity index (χ3n) is 5.21. The molecule has 1 aliphatic heterocycles. The molecule has 1 fully saturated rings. The topological polar surface area (TPSA) is 95.0 Å². The number of hydrogen-bond donors (Lipinski definition) is 2. The maximum atomic E-state index is 14.0. The number of pyridine rings is 1. The number of nitriles is 1. The van der Waals surface area contributed by atoms with Gasteiger partial charge >= 0.3 is 6.18 Å². The summed E-state index contributed by atoms with van der Waals surface area (Å²) < 4.78 is 66.9. The average Bonchev–Trinajstić information content (AvgIpc) is 3.04. The summed E-state index contributed by atoms with van der Waals surface area (Å²) in [5, 5.41) is 11.4. The summed E-state index contributed by atoms with van der Waals surface area (Å²) >= 11 is 0. The lowest BCUT2D eigenvalue weighted by Gasteiger charge is -2.27. The number of rotatable bonds is 4. The normalized spacial score (nSPS) is 19.5. The third kappa shape index (κ3) is 4.80. The molecule has 1 aromatic carbocycles. The van der Waals surface area contributed by atoms with Crippen LogP contribution in [0.25, 0.3) is 11.1 Å². The summed E-state index contributed by atoms with van der Waals surface area (Å²) in [6, 6.07) is 2.22. The maximum absolute atomic E-state index is 14.0. The summed E-state index contributed by atoms with van der Waals surface area (Å²) in [5.41, 5.74) is 4.90. The highest BCUT2D eigenvalue weighted by molar-refractivity contribution is 6.04. The number of aromatic nitrogens is 1. The molecule has 0 spiro atoms. The van der Waals surface area contributed by atoms with Crippen molar-refractivity contribution in [3.8, 4) is 17.2 Å². The summed E-state index contributed by atoms with van der Waals surface area (Å²) in [6.07, 6.45) is -3.22. The van der Waals surface area contributed by atoms with Crippen molar-refractivity contribution in [2.24, 2.45) is 5.73 Å². The number of nitrogens with two attached hydrogens (primary N) is 1. The largest absolute Gasteiger partial charge is 0.408 e. The second kappa shape index (κ2) is 8.35. The molecule has 2 aromatic rings. The molecule has 3 N–H and O–H groups in total. The van der Waals surface area contributed by atoms with E-state index in [0.717, 1.165) is 25.3 Å². The Bertz CT molecular complexity index is 1070. The zero-order chi connectivity index (χ0) is 23.8. The Kier molecular flexibility index (Phi) is 6.11. The number of carbonyl (C=O) groups excluding carboxylic acids is 1. The van der Waals surface area contributed by atoms with Crippen LogP contribution in [-0.4, -0.2) is 41.7 Å². The van der Waals surface area contributed by atoms with E-state index < -0.39 is 35.3 Å². The number of halogens is 5. The Morgan fingerprint density at radius 3 is 2.44 bits per heavy atom. The van der Waals surface area contributed by atoms with E-state index in [1.807, 2.05) is 11.4 Å². The summed E-state index contributed by atoms with van der Waals surface area (Å²) in [7, 11) is 0. The van der Waals surface area contributed by atoms with E-state index in [9.17, 15) is 32.0 Å². The fraction of sp³-hybridized carbons (Fsp3) is 0.381. The highest BCUT2D eigenvalue weighted by Gasteiger charge is 2.39. The molecule has 1 saturated heterocycles. The summed E-state index contributed by atoms with van der Waals surface area (Å²) in [5.74, 6) is -2.95. The Morgan fingerprint density at radius 2 is 1.94 bits per heavy atom. The fourth-order valence-electron chi connectivity index (χ4n) is 3.58. The predicted molar refractivity (Wildman–Crippen MR) is 107 cm³/mol. The van der Waals surface area contributed by atoms with Gasteiger partial charge in [0.2, 0.25) is 0 Å². The maximum Gasteiger partial charge on any atom is 0.408 e. The SMILES string of the molecule is C[C@@H](NC(=O)c1cnc(C#N)c(-c2cc(F)cc(F)c2)c1N1CC[C@](C)(N)C1)C(F)(F)F. The molecule has 3 rings (SSSR count). The first-order valence-electron chi connectivity index (χ1n) is 9.63. The number of amides is 1. The van der Waals surface area contributed by atoms with Crippen LogP contribution in [0.5, 0.6) is 0 Å². The van der Waals surface area contributed by atoms with E-state index in [-0.39, 0.29) is 34.6 Å². The molecule has 2 heterocycles. The smallest absolute Gasteiger partial charge is 0.368 e. The molecule has 0 radical (unpaired) electrons. The van der Waals surface area contributed by atoms with Crippen molar-refractivity contribution in [1.29, 1.82) is 5.26 Å². The zero-order valence-electron chi connectivity index (χ0n) is 17.2. The van der Waals surface area contributed by atoms with E-state index in [2.05, 4.69) is 4.98 Å². The van der Waals surface area contributed by atoms with E-state index in [0.29, 0.717) is 19.0 Å². The van der Waals surface area contributed by atoms with Crippen LogP contribution in [0.1, 0.15) is 36.3 Å². The minimum absolute atomic E-state index is 0.0441. The first kappa shape index (κ1) is 23.4. The summed E-state index contributed by atoms with van der Waals surface area (Å²) in [4.78, 5) is 18.3. The number of alkyl halides is 3. The molecule has 1 amide bonds. The molecular formula is C21H20F5N5O. The van der Waals surface area contributed by atoms with Gasteiger partial charge in [-0.15, -0.1) is 0 Å². The Hall–Kier alpha value is -3.26. The number of nitrogens with one attached hydrogen (secondary N) is 1. The molecular weight excluding hydrogens is 433 g/mol. The first-order chi connectivity index (χ1) is 14.8. The van der Waals surface area contributed by atoms with Crippen molar-refractivity contribution in [1.82, 2.24) is 10.3 Å². The molecule has 32 heavy (non-hydrogen) atoms. The van der Waals surface area contributed by atoms with Gasteiger partial charge in [-0.1, -0.05) is 0 Å². The van der Waals surface area contributed by atoms with E-state index >= 15 is 0 Å². The zero-order valence-corrected chi connectivity index (χ0v) is 17.2. The fourth-order valence-corrected chi connectivity index (χ4v) is 3.58. The van der Waals surface area contributed by atoms with Crippen molar-refractivity contribution in [3.05, 3.63) is 47.3 Å². The molecule has 11 heteroatoms. The van der Waals surface area contributed by atoms with Crippen molar-refractivity contribution >= 4 is 11.6 Å². The van der Waals surface area contributed by atoms with E-state index in [4.69, 9.17) is 5.73 Å². The van der Waals surface area contributed by atoms with Gasteiger partial charge in [0.25, 0.3) is 5.91 Å². The number of hydrogen-bond acceptors (Lipinski definition) is 5. The van der Waals surface area contributed by atoms with Crippen LogP contribution in [0.2, 0.25) is 0 Å². The quantitative estimate of drug-likeness (QED) is 0.691. The van der Waals surface area contributed by atoms with Crippen LogP contribution in [0, 0.1) is 23.0 Å². The van der Waals surface area contributed by atoms with Crippen LogP contribution in [0.4, 0.5) is 27.6 Å². The molecule has 1 aromatic heterocycles. The van der Waals surface area contributed by atoms with Gasteiger partial charge in [-0.25, -0.2) is 13.8 Å². The van der Waals surface area contributed by atoms with E-state index in [1.165, 1.54) is 0 Å². The van der Waals surface area contributed by atoms with Gasteiger partial charge in [-0.3, -0.25) is 4.79 Å². The summed E-state index contributed by atoms with van der Waals surface area (Å²) in [6.45, 7) is 3.04. The molecule has 0 aliphatic carbocycles. The monoisotopic (exact) mass is 453 g/mol. The van der Waals surface area contributed by atoms with Crippen molar-refractivity contribution < 1.29 is 26.7 Å². The van der Waals surface area contributed by atoms with Gasteiger partial charge in [0.15, 0.2) is 0 Å². The lowest BCUT2D eigenvalue weighted by atomic mass is 9.97. The van der Waals surface area contributed by atoms with Gasteiger partial charge in [-0.2, -0.15) is 18.4 Å². The van der Waals surface area contributed by atoms with Gasteiger partial charge in [-0.05, 0) is 38.0 Å². The molecule has 170 valence electrons. The minimum Gasteiger partial charge on any atom is -0.368 e. The van der Waals surface area contributed by atoms with Crippen LogP contribution < -0.4 is 16.0 Å². The molecule has 0 saturated carbocycles. The average molecular weight is 453 g/mol. The van der Waals surface area contributed by atoms with Gasteiger partial charge in [0.05, 0.1) is 11.3 Å². The van der Waals surface area contributed by atoms with Crippen molar-refractivity contribution in [2.45, 2.75) is 38.0 Å². The highest BCUT2D eigenvalue weighted by atomic mass is 19.4. The predicted octanol–water partition coefficient (Wildman–Crippen LogP) is 3.51. The number of anilines is 1. The Morgan fingerprint density at radius 1 is 1.31 bits per heavy atom. The minimum atomic E-state index is -4.69. The van der Waals surface area contributed by atoms with Crippen molar-refractivity contribution in [3.63, 3.8) is 0 Å². The van der Waals surface area contributed by atoms with Crippen LogP contribution in [-0.2, 0) is 0 Å². The first-order valence-corrected chi connectivity index (χ1v) is 9.63. The number of benzene rings is 1. The van der Waals surface area contributed by atoms with Gasteiger partial charge < -0.3 is 16.0 Å². The second-order valence-electron chi connectivity index (χ2n) is 8.08. The van der Waals surface area contributed by atoms with Crippen LogP contribution >= 0.6 is 0 Å². The molecule has 1 aliphatic rings. The lowest BCUT2D eigenvalue weighted by Crippen LogP contribution is -2.44. The Balaban J connectivity index is 2.24. The molecule has 6 nitrogen and oxygen atoms in total. The Labute approximate surface area is 180 Å². The van der Waals surface area contributed by atoms with Gasteiger partial charge in [0.1, 0.15) is 29.4 Å². The second-order valence-corrected chi connectivity index (χ2v) is 8.08. The molecule has 2 atom stereocenters. The third-order valence-corrected chi connectivity index (χ3v) is 5.21. The molecule has 0 bridgehead atoms. The standard InChI is InChI=1S/C21H20F5N5O/c1-11(21(24,25)26)30-19(32)15-9-29-16(8-27)17(12-5-13(22)7-14(23)6-12)18(15)31-4-3-20(2,28)10-31/h5-7,9,11H,3-4,10,28H2,1-2H3,(H,30,32)/t11-,20+/m1/s1.